The summed E-state index contributed by atoms with van der Waals surface area (Å²) in [5.74, 6) is 0.740. The second kappa shape index (κ2) is 9.29. The molecule has 0 atom stereocenters. The minimum Gasteiger partial charge on any atom is -0.305 e. The topological polar surface area (TPSA) is 72.2 Å². The number of amides is 1. The zero-order chi connectivity index (χ0) is 19.2. The molecule has 0 spiro atoms. The Morgan fingerprint density at radius 1 is 1.11 bits per heavy atom. The third kappa shape index (κ3) is 5.50. The van der Waals surface area contributed by atoms with Crippen molar-refractivity contribution in [3.05, 3.63) is 63.0 Å². The molecule has 1 amide bonds. The highest BCUT2D eigenvalue weighted by atomic mass is 79.9. The van der Waals surface area contributed by atoms with E-state index >= 15 is 0 Å². The summed E-state index contributed by atoms with van der Waals surface area (Å²) in [5.41, 5.74) is 4.38. The van der Waals surface area contributed by atoms with Gasteiger partial charge in [-0.05, 0) is 29.8 Å². The van der Waals surface area contributed by atoms with Gasteiger partial charge in [-0.15, -0.1) is 10.2 Å². The first-order valence-corrected chi connectivity index (χ1v) is 10.5. The first kappa shape index (κ1) is 19.8. The molecule has 9 heteroatoms. The number of hydrogen-bond donors (Lipinski definition) is 1. The van der Waals surface area contributed by atoms with Crippen LogP contribution in [-0.4, -0.2) is 32.6 Å². The van der Waals surface area contributed by atoms with Gasteiger partial charge in [-0.25, -0.2) is 5.43 Å². The monoisotopic (exact) mass is 507 g/mol. The Labute approximate surface area is 177 Å². The molecule has 0 bridgehead atoms. The second-order valence-electron chi connectivity index (χ2n) is 5.51. The van der Waals surface area contributed by atoms with E-state index in [2.05, 4.69) is 52.6 Å². The maximum atomic E-state index is 12.0. The SMILES string of the molecule is Cn1c(SCC(=O)N/N=C\c2ccc(Br)cc2)nnc1-c1ccc(Br)cc1. The number of aromatic nitrogens is 3. The van der Waals surface area contributed by atoms with E-state index in [4.69, 9.17) is 0 Å². The predicted molar refractivity (Wildman–Crippen MR) is 115 cm³/mol. The number of benzene rings is 2. The fourth-order valence-corrected chi connectivity index (χ4v) is 3.41. The minimum absolute atomic E-state index is 0.198. The first-order valence-electron chi connectivity index (χ1n) is 7.88. The van der Waals surface area contributed by atoms with Gasteiger partial charge in [0.15, 0.2) is 11.0 Å². The molecule has 0 aliphatic rings. The van der Waals surface area contributed by atoms with Gasteiger partial charge in [0.2, 0.25) is 0 Å². The number of thioether (sulfide) groups is 1. The van der Waals surface area contributed by atoms with Gasteiger partial charge in [-0.3, -0.25) is 4.79 Å². The number of hydrazone groups is 1. The highest BCUT2D eigenvalue weighted by molar-refractivity contribution is 9.10. The molecular weight excluding hydrogens is 494 g/mol. The normalized spacial score (nSPS) is 11.1. The van der Waals surface area contributed by atoms with Gasteiger partial charge in [-0.2, -0.15) is 5.10 Å². The molecular formula is C18H15Br2N5OS. The van der Waals surface area contributed by atoms with E-state index in [-0.39, 0.29) is 11.7 Å². The number of hydrogen-bond acceptors (Lipinski definition) is 5. The Kier molecular flexibility index (Phi) is 6.81. The number of carbonyl (C=O) groups is 1. The molecule has 138 valence electrons. The van der Waals surface area contributed by atoms with Crippen LogP contribution < -0.4 is 5.43 Å². The van der Waals surface area contributed by atoms with Crippen molar-refractivity contribution >= 4 is 55.7 Å². The van der Waals surface area contributed by atoms with E-state index in [1.54, 1.807) is 6.21 Å². The van der Waals surface area contributed by atoms with Gasteiger partial charge in [0.25, 0.3) is 5.91 Å². The average molecular weight is 509 g/mol. The molecule has 0 saturated carbocycles. The Morgan fingerprint density at radius 2 is 1.74 bits per heavy atom. The number of halogens is 2. The highest BCUT2D eigenvalue weighted by Crippen LogP contribution is 2.23. The van der Waals surface area contributed by atoms with Crippen LogP contribution >= 0.6 is 43.6 Å². The summed E-state index contributed by atoms with van der Waals surface area (Å²) in [7, 11) is 1.88. The molecule has 6 nitrogen and oxygen atoms in total. The molecule has 2 aromatic carbocycles. The van der Waals surface area contributed by atoms with Crippen LogP contribution in [0.5, 0.6) is 0 Å². The van der Waals surface area contributed by atoms with Crippen LogP contribution in [-0.2, 0) is 11.8 Å². The molecule has 1 heterocycles. The quantitative estimate of drug-likeness (QED) is 0.307. The molecule has 27 heavy (non-hydrogen) atoms. The lowest BCUT2D eigenvalue weighted by atomic mass is 10.2. The minimum atomic E-state index is -0.207. The zero-order valence-electron chi connectivity index (χ0n) is 14.3. The molecule has 0 aliphatic heterocycles. The van der Waals surface area contributed by atoms with E-state index in [0.717, 1.165) is 25.9 Å². The fourth-order valence-electron chi connectivity index (χ4n) is 2.18. The number of nitrogens with one attached hydrogen (secondary N) is 1. The lowest BCUT2D eigenvalue weighted by Gasteiger charge is -2.04. The van der Waals surface area contributed by atoms with Crippen molar-refractivity contribution in [1.82, 2.24) is 20.2 Å². The first-order chi connectivity index (χ1) is 13.0. The molecule has 1 N–H and O–H groups in total. The van der Waals surface area contributed by atoms with Crippen LogP contribution in [0.3, 0.4) is 0 Å². The van der Waals surface area contributed by atoms with Crippen molar-refractivity contribution in [2.75, 3.05) is 5.75 Å². The molecule has 0 radical (unpaired) electrons. The van der Waals surface area contributed by atoms with Crippen LogP contribution in [0.4, 0.5) is 0 Å². The Bertz CT molecular complexity index is 955. The fraction of sp³-hybridized carbons (Fsp3) is 0.111. The second-order valence-corrected chi connectivity index (χ2v) is 8.28. The molecule has 1 aromatic heterocycles. The van der Waals surface area contributed by atoms with Gasteiger partial charge in [-0.1, -0.05) is 67.9 Å². The zero-order valence-corrected chi connectivity index (χ0v) is 18.3. The third-order valence-electron chi connectivity index (χ3n) is 3.54. The Balaban J connectivity index is 1.54. The average Bonchev–Trinajstić information content (AvgIpc) is 3.03. The van der Waals surface area contributed by atoms with Crippen molar-refractivity contribution in [2.45, 2.75) is 5.16 Å². The number of nitrogens with zero attached hydrogens (tertiary/aromatic N) is 4. The summed E-state index contributed by atoms with van der Waals surface area (Å²) in [6, 6.07) is 15.5. The summed E-state index contributed by atoms with van der Waals surface area (Å²) in [5, 5.41) is 13.0. The number of carbonyl (C=O) groups excluding carboxylic acids is 1. The standard InChI is InChI=1S/C18H15Br2N5OS/c1-25-17(13-4-8-15(20)9-5-13)23-24-18(25)27-11-16(26)22-21-10-12-2-6-14(19)7-3-12/h2-10H,11H2,1H3,(H,22,26)/b21-10-. The van der Waals surface area contributed by atoms with Crippen molar-refractivity contribution in [3.63, 3.8) is 0 Å². The van der Waals surface area contributed by atoms with Crippen molar-refractivity contribution in [2.24, 2.45) is 12.1 Å². The van der Waals surface area contributed by atoms with Crippen molar-refractivity contribution in [1.29, 1.82) is 0 Å². The summed E-state index contributed by atoms with van der Waals surface area (Å²) in [4.78, 5) is 12.0. The van der Waals surface area contributed by atoms with Crippen LogP contribution in [0, 0.1) is 0 Å². The third-order valence-corrected chi connectivity index (χ3v) is 5.62. The van der Waals surface area contributed by atoms with Crippen LogP contribution in [0.15, 0.2) is 67.7 Å². The maximum absolute atomic E-state index is 12.0. The van der Waals surface area contributed by atoms with Crippen LogP contribution in [0.2, 0.25) is 0 Å². The predicted octanol–water partition coefficient (Wildman–Crippen LogP) is 4.25. The van der Waals surface area contributed by atoms with Gasteiger partial charge < -0.3 is 4.57 Å². The highest BCUT2D eigenvalue weighted by Gasteiger charge is 2.12. The van der Waals surface area contributed by atoms with Gasteiger partial charge in [0.1, 0.15) is 0 Å². The summed E-state index contributed by atoms with van der Waals surface area (Å²) in [6.07, 6.45) is 1.60. The van der Waals surface area contributed by atoms with Crippen molar-refractivity contribution in [3.8, 4) is 11.4 Å². The van der Waals surface area contributed by atoms with Crippen LogP contribution in [0.25, 0.3) is 11.4 Å². The van der Waals surface area contributed by atoms with E-state index in [1.165, 1.54) is 11.8 Å². The van der Waals surface area contributed by atoms with Gasteiger partial charge >= 0.3 is 0 Å². The smallest absolute Gasteiger partial charge is 0.250 e. The van der Waals surface area contributed by atoms with E-state index in [9.17, 15) is 4.79 Å². The summed E-state index contributed by atoms with van der Waals surface area (Å²) in [6.45, 7) is 0. The van der Waals surface area contributed by atoms with Crippen molar-refractivity contribution < 1.29 is 4.79 Å². The van der Waals surface area contributed by atoms with E-state index < -0.39 is 0 Å². The lowest BCUT2D eigenvalue weighted by molar-refractivity contribution is -0.118. The maximum Gasteiger partial charge on any atom is 0.250 e. The molecule has 3 aromatic rings. The largest absolute Gasteiger partial charge is 0.305 e. The van der Waals surface area contributed by atoms with E-state index in [1.807, 2.05) is 60.1 Å². The molecule has 0 fully saturated rings. The van der Waals surface area contributed by atoms with Gasteiger partial charge in [0.05, 0.1) is 12.0 Å². The van der Waals surface area contributed by atoms with Gasteiger partial charge in [0, 0.05) is 21.6 Å². The van der Waals surface area contributed by atoms with E-state index in [0.29, 0.717) is 5.16 Å². The van der Waals surface area contributed by atoms with Crippen LogP contribution in [0.1, 0.15) is 5.56 Å². The summed E-state index contributed by atoms with van der Waals surface area (Å²) < 4.78 is 3.86. The molecule has 0 aliphatic carbocycles. The lowest BCUT2D eigenvalue weighted by Crippen LogP contribution is -2.19. The molecule has 0 unspecified atom stereocenters. The molecule has 0 saturated heterocycles. The Hall–Kier alpha value is -1.97. The molecule has 3 rings (SSSR count). The Morgan fingerprint density at radius 3 is 2.41 bits per heavy atom. The summed E-state index contributed by atoms with van der Waals surface area (Å²) >= 11 is 8.10. The number of rotatable bonds is 6.